The van der Waals surface area contributed by atoms with Gasteiger partial charge in [0.1, 0.15) is 6.61 Å². The van der Waals surface area contributed by atoms with Gasteiger partial charge >= 0.3 is 5.97 Å². The number of fused-ring (bicyclic) bond motifs is 2. The summed E-state index contributed by atoms with van der Waals surface area (Å²) >= 11 is 0. The number of allylic oxidation sites excluding steroid dienone is 2. The van der Waals surface area contributed by atoms with Crippen LogP contribution in [0.5, 0.6) is 0 Å². The number of hydrogen-bond donors (Lipinski definition) is 0. The van der Waals surface area contributed by atoms with Gasteiger partial charge in [-0.1, -0.05) is 12.2 Å². The fraction of sp³-hybridized carbons (Fsp3) is 0.750. The first-order chi connectivity index (χ1) is 7.31. The Labute approximate surface area is 90.4 Å². The minimum atomic E-state index is -0.0356. The Bertz CT molecular complexity index is 260. The molecule has 3 atom stereocenters. The van der Waals surface area contributed by atoms with E-state index in [2.05, 4.69) is 12.2 Å². The van der Waals surface area contributed by atoms with Crippen LogP contribution in [0.4, 0.5) is 0 Å². The summed E-state index contributed by atoms with van der Waals surface area (Å²) in [5.74, 6) is 1.14. The van der Waals surface area contributed by atoms with E-state index >= 15 is 0 Å². The van der Waals surface area contributed by atoms with Gasteiger partial charge in [0, 0.05) is 6.61 Å². The van der Waals surface area contributed by atoms with Gasteiger partial charge in [-0.3, -0.25) is 4.79 Å². The lowest BCUT2D eigenvalue weighted by molar-refractivity contribution is -0.150. The van der Waals surface area contributed by atoms with E-state index < -0.39 is 0 Å². The van der Waals surface area contributed by atoms with E-state index in [1.807, 2.05) is 6.92 Å². The monoisotopic (exact) mass is 210 g/mol. The Hall–Kier alpha value is -0.830. The number of esters is 1. The minimum absolute atomic E-state index is 0.0356. The van der Waals surface area contributed by atoms with E-state index in [9.17, 15) is 4.79 Å². The van der Waals surface area contributed by atoms with Gasteiger partial charge in [0.05, 0.1) is 12.5 Å². The first-order valence-electron chi connectivity index (χ1n) is 5.74. The first-order valence-corrected chi connectivity index (χ1v) is 5.74. The molecule has 0 aromatic carbocycles. The van der Waals surface area contributed by atoms with E-state index in [4.69, 9.17) is 9.47 Å². The van der Waals surface area contributed by atoms with Crippen molar-refractivity contribution < 1.29 is 14.3 Å². The summed E-state index contributed by atoms with van der Waals surface area (Å²) in [4.78, 5) is 11.7. The summed E-state index contributed by atoms with van der Waals surface area (Å²) < 4.78 is 10.3. The molecule has 84 valence electrons. The molecule has 0 aliphatic heterocycles. The van der Waals surface area contributed by atoms with Crippen LogP contribution in [0.3, 0.4) is 0 Å². The van der Waals surface area contributed by atoms with Crippen molar-refractivity contribution in [3.63, 3.8) is 0 Å². The molecule has 0 aromatic heterocycles. The Morgan fingerprint density at radius 1 is 1.33 bits per heavy atom. The molecular formula is C12H18O3. The zero-order valence-corrected chi connectivity index (χ0v) is 9.15. The van der Waals surface area contributed by atoms with Gasteiger partial charge in [-0.15, -0.1) is 0 Å². The van der Waals surface area contributed by atoms with Crippen LogP contribution in [0.1, 0.15) is 19.8 Å². The van der Waals surface area contributed by atoms with Crippen LogP contribution >= 0.6 is 0 Å². The number of ether oxygens (including phenoxy) is 2. The number of rotatable bonds is 5. The average molecular weight is 210 g/mol. The molecule has 2 aliphatic carbocycles. The number of carbonyl (C=O) groups excluding carboxylic acids is 1. The lowest BCUT2D eigenvalue weighted by atomic mass is 9.94. The molecule has 1 saturated carbocycles. The van der Waals surface area contributed by atoms with Gasteiger partial charge in [-0.2, -0.15) is 0 Å². The van der Waals surface area contributed by atoms with Crippen LogP contribution in [0.15, 0.2) is 12.2 Å². The standard InChI is InChI=1S/C12H18O3/c1-2-14-5-6-15-12(13)11-8-9-3-4-10(11)7-9/h3-4,9-11H,2,5-8H2,1H3/t9-,10+,11-/m1/s1. The second-order valence-electron chi connectivity index (χ2n) is 4.25. The topological polar surface area (TPSA) is 35.5 Å². The van der Waals surface area contributed by atoms with Crippen LogP contribution in [-0.4, -0.2) is 25.8 Å². The lowest BCUT2D eigenvalue weighted by Gasteiger charge is -2.16. The summed E-state index contributed by atoms with van der Waals surface area (Å²) in [5, 5.41) is 0. The van der Waals surface area contributed by atoms with Gasteiger partial charge in [0.15, 0.2) is 0 Å². The third-order valence-electron chi connectivity index (χ3n) is 3.26. The Morgan fingerprint density at radius 2 is 2.20 bits per heavy atom. The Kier molecular flexibility index (Phi) is 3.41. The average Bonchev–Trinajstić information content (AvgIpc) is 2.85. The van der Waals surface area contributed by atoms with Crippen molar-refractivity contribution in [1.82, 2.24) is 0 Å². The maximum atomic E-state index is 11.7. The predicted molar refractivity (Wildman–Crippen MR) is 56.3 cm³/mol. The highest BCUT2D eigenvalue weighted by molar-refractivity contribution is 5.74. The maximum absolute atomic E-state index is 11.7. The van der Waals surface area contributed by atoms with E-state index in [1.54, 1.807) is 0 Å². The number of hydrogen-bond acceptors (Lipinski definition) is 3. The summed E-state index contributed by atoms with van der Waals surface area (Å²) in [6.07, 6.45) is 6.52. The highest BCUT2D eigenvalue weighted by Gasteiger charge is 2.40. The molecule has 3 heteroatoms. The van der Waals surface area contributed by atoms with Gasteiger partial charge in [0.25, 0.3) is 0 Å². The summed E-state index contributed by atoms with van der Waals surface area (Å²) in [7, 11) is 0. The fourth-order valence-corrected chi connectivity index (χ4v) is 2.50. The highest BCUT2D eigenvalue weighted by atomic mass is 16.6. The molecule has 0 aromatic rings. The van der Waals surface area contributed by atoms with E-state index in [0.29, 0.717) is 31.7 Å². The van der Waals surface area contributed by atoms with Gasteiger partial charge in [0.2, 0.25) is 0 Å². The molecular weight excluding hydrogens is 192 g/mol. The Balaban J connectivity index is 1.70. The molecule has 0 spiro atoms. The molecule has 0 N–H and O–H groups in total. The van der Waals surface area contributed by atoms with Crippen molar-refractivity contribution in [3.8, 4) is 0 Å². The third-order valence-corrected chi connectivity index (χ3v) is 3.26. The second-order valence-corrected chi connectivity index (χ2v) is 4.25. The third kappa shape index (κ3) is 2.40. The van der Waals surface area contributed by atoms with Crippen LogP contribution < -0.4 is 0 Å². The van der Waals surface area contributed by atoms with E-state index in [-0.39, 0.29) is 11.9 Å². The molecule has 0 saturated heterocycles. The van der Waals surface area contributed by atoms with Crippen molar-refractivity contribution in [1.29, 1.82) is 0 Å². The normalized spacial score (nSPS) is 32.2. The molecule has 0 radical (unpaired) electrons. The molecule has 3 nitrogen and oxygen atoms in total. The molecule has 15 heavy (non-hydrogen) atoms. The van der Waals surface area contributed by atoms with Crippen molar-refractivity contribution >= 4 is 5.97 Å². The number of carbonyl (C=O) groups is 1. The van der Waals surface area contributed by atoms with E-state index in [1.165, 1.54) is 0 Å². The van der Waals surface area contributed by atoms with Gasteiger partial charge < -0.3 is 9.47 Å². The first kappa shape index (κ1) is 10.7. The molecule has 0 heterocycles. The quantitative estimate of drug-likeness (QED) is 0.394. The van der Waals surface area contributed by atoms with Crippen LogP contribution in [0, 0.1) is 17.8 Å². The van der Waals surface area contributed by atoms with E-state index in [0.717, 1.165) is 12.8 Å². The van der Waals surface area contributed by atoms with Crippen molar-refractivity contribution in [2.24, 2.45) is 17.8 Å². The van der Waals surface area contributed by atoms with Gasteiger partial charge in [-0.25, -0.2) is 0 Å². The molecule has 0 amide bonds. The minimum Gasteiger partial charge on any atom is -0.463 e. The van der Waals surface area contributed by atoms with Crippen LogP contribution in [0.25, 0.3) is 0 Å². The molecule has 0 unspecified atom stereocenters. The second kappa shape index (κ2) is 4.79. The van der Waals surface area contributed by atoms with Gasteiger partial charge in [-0.05, 0) is 31.6 Å². The predicted octanol–water partition coefficient (Wildman–Crippen LogP) is 1.78. The zero-order chi connectivity index (χ0) is 10.7. The van der Waals surface area contributed by atoms with Crippen molar-refractivity contribution in [2.75, 3.05) is 19.8 Å². The smallest absolute Gasteiger partial charge is 0.309 e. The zero-order valence-electron chi connectivity index (χ0n) is 9.15. The molecule has 2 aliphatic rings. The molecule has 1 fully saturated rings. The molecule has 2 rings (SSSR count). The summed E-state index contributed by atoms with van der Waals surface area (Å²) in [6.45, 7) is 3.51. The lowest BCUT2D eigenvalue weighted by Crippen LogP contribution is -2.23. The van der Waals surface area contributed by atoms with Crippen LogP contribution in [0.2, 0.25) is 0 Å². The summed E-state index contributed by atoms with van der Waals surface area (Å²) in [6, 6.07) is 0. The van der Waals surface area contributed by atoms with Crippen LogP contribution in [-0.2, 0) is 14.3 Å². The van der Waals surface area contributed by atoms with Crippen molar-refractivity contribution in [3.05, 3.63) is 12.2 Å². The Morgan fingerprint density at radius 3 is 2.80 bits per heavy atom. The van der Waals surface area contributed by atoms with Crippen molar-refractivity contribution in [2.45, 2.75) is 19.8 Å². The summed E-state index contributed by atoms with van der Waals surface area (Å²) in [5.41, 5.74) is 0. The molecule has 2 bridgehead atoms. The highest BCUT2D eigenvalue weighted by Crippen LogP contribution is 2.43. The maximum Gasteiger partial charge on any atom is 0.309 e. The largest absolute Gasteiger partial charge is 0.463 e. The fourth-order valence-electron chi connectivity index (χ4n) is 2.50. The SMILES string of the molecule is CCOCCOC(=O)[C@@H]1C[C@@H]2C=C[C@H]1C2.